The molecule has 1 fully saturated rings. The van der Waals surface area contributed by atoms with Crippen LogP contribution in [0.2, 0.25) is 0 Å². The van der Waals surface area contributed by atoms with Crippen LogP contribution in [-0.4, -0.2) is 96.0 Å². The molecule has 348 valence electrons. The van der Waals surface area contributed by atoms with E-state index in [0.717, 1.165) is 51.4 Å². The number of aliphatic hydroxyl groups is 3. The summed E-state index contributed by atoms with van der Waals surface area (Å²) in [5.74, 6) is -1.97. The average molecular weight is 863 g/mol. The van der Waals surface area contributed by atoms with Crippen molar-refractivity contribution >= 4 is 22.1 Å². The fraction of sp³-hybridized carbons (Fsp3) is 0.913. The number of hydrogen-bond donors (Lipinski definition) is 4. The van der Waals surface area contributed by atoms with Crippen LogP contribution in [-0.2, 0) is 38.7 Å². The van der Waals surface area contributed by atoms with Crippen molar-refractivity contribution in [2.45, 2.75) is 250 Å². The van der Waals surface area contributed by atoms with E-state index in [9.17, 15) is 37.9 Å². The fourth-order valence-corrected chi connectivity index (χ4v) is 8.07. The lowest BCUT2D eigenvalue weighted by Gasteiger charge is -2.40. The van der Waals surface area contributed by atoms with Gasteiger partial charge < -0.3 is 34.3 Å². The second kappa shape index (κ2) is 37.0. The Balaban J connectivity index is 2.41. The predicted octanol–water partition coefficient (Wildman–Crippen LogP) is 9.84. The largest absolute Gasteiger partial charge is 0.462 e. The van der Waals surface area contributed by atoms with Crippen LogP contribution < -0.4 is 0 Å². The summed E-state index contributed by atoms with van der Waals surface area (Å²) < 4.78 is 54.1. The Morgan fingerprint density at radius 3 is 1.41 bits per heavy atom. The first-order valence-corrected chi connectivity index (χ1v) is 25.4. The average Bonchev–Trinajstić information content (AvgIpc) is 3.20. The number of esters is 2. The SMILES string of the molecule is CCCCCCCCC/C=C\CCCCCCCCCC(=O)OC(COC(=O)CCCCCCCCCCCCCCC)COC1OC(CS(=O)(=O)O)C(O)C(O)C1O. The molecule has 1 rings (SSSR count). The van der Waals surface area contributed by atoms with E-state index in [-0.39, 0.29) is 19.4 Å². The molecule has 4 N–H and O–H groups in total. The molecule has 59 heavy (non-hydrogen) atoms. The summed E-state index contributed by atoms with van der Waals surface area (Å²) in [6.07, 6.45) is 29.7. The normalized spacial score (nSPS) is 20.3. The highest BCUT2D eigenvalue weighted by Crippen LogP contribution is 2.24. The van der Waals surface area contributed by atoms with Gasteiger partial charge >= 0.3 is 11.9 Å². The van der Waals surface area contributed by atoms with Crippen LogP contribution in [0, 0.1) is 0 Å². The van der Waals surface area contributed by atoms with Crippen molar-refractivity contribution < 1.29 is 56.8 Å². The van der Waals surface area contributed by atoms with Gasteiger partial charge in [-0.05, 0) is 38.5 Å². The summed E-state index contributed by atoms with van der Waals surface area (Å²) >= 11 is 0. The third-order valence-electron chi connectivity index (χ3n) is 11.1. The molecule has 6 atom stereocenters. The molecule has 1 saturated heterocycles. The summed E-state index contributed by atoms with van der Waals surface area (Å²) in [7, 11) is -4.60. The first-order chi connectivity index (χ1) is 28.5. The Hall–Kier alpha value is -1.61. The number of rotatable bonds is 40. The number of carbonyl (C=O) groups is 2. The Morgan fingerprint density at radius 1 is 0.559 bits per heavy atom. The zero-order chi connectivity index (χ0) is 43.4. The molecule has 0 aliphatic carbocycles. The van der Waals surface area contributed by atoms with E-state index >= 15 is 0 Å². The number of unbranched alkanes of at least 4 members (excludes halogenated alkanes) is 26. The minimum Gasteiger partial charge on any atom is -0.462 e. The van der Waals surface area contributed by atoms with Gasteiger partial charge in [-0.3, -0.25) is 14.1 Å². The van der Waals surface area contributed by atoms with Crippen molar-refractivity contribution in [2.24, 2.45) is 0 Å². The first kappa shape index (κ1) is 55.4. The van der Waals surface area contributed by atoms with Gasteiger partial charge in [0, 0.05) is 12.8 Å². The topological polar surface area (TPSA) is 186 Å². The van der Waals surface area contributed by atoms with Gasteiger partial charge in [0.2, 0.25) is 0 Å². The second-order valence-electron chi connectivity index (χ2n) is 16.8. The van der Waals surface area contributed by atoms with E-state index < -0.39 is 71.2 Å². The van der Waals surface area contributed by atoms with E-state index in [0.29, 0.717) is 12.8 Å². The van der Waals surface area contributed by atoms with Crippen molar-refractivity contribution in [3.8, 4) is 0 Å². The van der Waals surface area contributed by atoms with Gasteiger partial charge in [-0.15, -0.1) is 0 Å². The maximum absolute atomic E-state index is 12.8. The van der Waals surface area contributed by atoms with Crippen LogP contribution in [0.15, 0.2) is 12.2 Å². The Morgan fingerprint density at radius 2 is 0.966 bits per heavy atom. The maximum Gasteiger partial charge on any atom is 0.306 e. The molecule has 6 unspecified atom stereocenters. The monoisotopic (exact) mass is 863 g/mol. The lowest BCUT2D eigenvalue weighted by Crippen LogP contribution is -2.60. The van der Waals surface area contributed by atoms with Gasteiger partial charge in [0.1, 0.15) is 36.8 Å². The number of ether oxygens (including phenoxy) is 4. The number of aliphatic hydroxyl groups excluding tert-OH is 3. The van der Waals surface area contributed by atoms with Gasteiger partial charge in [0.25, 0.3) is 10.1 Å². The fourth-order valence-electron chi connectivity index (χ4n) is 7.38. The van der Waals surface area contributed by atoms with Gasteiger partial charge in [0.05, 0.1) is 6.61 Å². The van der Waals surface area contributed by atoms with Crippen molar-refractivity contribution in [3.05, 3.63) is 12.2 Å². The van der Waals surface area contributed by atoms with Crippen molar-refractivity contribution in [2.75, 3.05) is 19.0 Å². The molecule has 0 amide bonds. The minimum absolute atomic E-state index is 0.164. The summed E-state index contributed by atoms with van der Waals surface area (Å²) in [6.45, 7) is 3.77. The lowest BCUT2D eigenvalue weighted by atomic mass is 10.00. The van der Waals surface area contributed by atoms with Crippen LogP contribution in [0.1, 0.15) is 213 Å². The van der Waals surface area contributed by atoms with Gasteiger partial charge in [-0.2, -0.15) is 8.42 Å². The molecule has 0 aromatic heterocycles. The summed E-state index contributed by atoms with van der Waals surface area (Å²) in [6, 6.07) is 0. The molecule has 0 radical (unpaired) electrons. The standard InChI is InChI=1S/C46H86O12S/c1-3-5-7-9-11-13-15-17-18-19-20-21-23-25-27-29-31-33-35-42(48)57-39(37-56-46-45(51)44(50)43(49)40(58-46)38-59(52,53)54)36-55-41(47)34-32-30-28-26-24-22-16-14-12-10-8-6-4-2/h18-19,39-40,43-46,49-51H,3-17,20-38H2,1-2H3,(H,52,53,54)/b19-18-. The summed E-state index contributed by atoms with van der Waals surface area (Å²) in [5, 5.41) is 30.9. The Bertz CT molecular complexity index is 1150. The lowest BCUT2D eigenvalue weighted by molar-refractivity contribution is -0.297. The van der Waals surface area contributed by atoms with E-state index in [1.54, 1.807) is 0 Å². The minimum atomic E-state index is -4.60. The van der Waals surface area contributed by atoms with Gasteiger partial charge in [-0.1, -0.05) is 174 Å². The molecule has 1 aliphatic heterocycles. The highest BCUT2D eigenvalue weighted by atomic mass is 32.2. The molecule has 0 saturated carbocycles. The molecule has 1 aliphatic rings. The van der Waals surface area contributed by atoms with Crippen molar-refractivity contribution in [1.29, 1.82) is 0 Å². The van der Waals surface area contributed by atoms with E-state index in [2.05, 4.69) is 26.0 Å². The zero-order valence-corrected chi connectivity index (χ0v) is 37.9. The molecule has 1 heterocycles. The van der Waals surface area contributed by atoms with Crippen molar-refractivity contribution in [3.63, 3.8) is 0 Å². The molecule has 12 nitrogen and oxygen atoms in total. The Labute approximate surface area is 358 Å². The quantitative estimate of drug-likeness (QED) is 0.0198. The molecular weight excluding hydrogens is 777 g/mol. The highest BCUT2D eigenvalue weighted by molar-refractivity contribution is 7.85. The number of carbonyl (C=O) groups excluding carboxylic acids is 2. The third-order valence-corrected chi connectivity index (χ3v) is 11.8. The van der Waals surface area contributed by atoms with Gasteiger partial charge in [0.15, 0.2) is 12.4 Å². The maximum atomic E-state index is 12.8. The molecule has 0 bridgehead atoms. The van der Waals surface area contributed by atoms with E-state index in [4.69, 9.17) is 18.9 Å². The zero-order valence-electron chi connectivity index (χ0n) is 37.1. The first-order valence-electron chi connectivity index (χ1n) is 23.7. The van der Waals surface area contributed by atoms with E-state index in [1.807, 2.05) is 0 Å². The third kappa shape index (κ3) is 31.8. The second-order valence-corrected chi connectivity index (χ2v) is 18.3. The Kier molecular flexibility index (Phi) is 34.7. The van der Waals surface area contributed by atoms with Crippen LogP contribution in [0.3, 0.4) is 0 Å². The van der Waals surface area contributed by atoms with Crippen molar-refractivity contribution in [1.82, 2.24) is 0 Å². The van der Waals surface area contributed by atoms with Crippen LogP contribution >= 0.6 is 0 Å². The van der Waals surface area contributed by atoms with E-state index in [1.165, 1.54) is 122 Å². The smallest absolute Gasteiger partial charge is 0.306 e. The summed E-state index contributed by atoms with van der Waals surface area (Å²) in [5.41, 5.74) is 0. The molecular formula is C46H86O12S. The van der Waals surface area contributed by atoms with Gasteiger partial charge in [-0.25, -0.2) is 0 Å². The number of hydrogen-bond acceptors (Lipinski definition) is 11. The molecule has 13 heteroatoms. The highest BCUT2D eigenvalue weighted by Gasteiger charge is 2.46. The van der Waals surface area contributed by atoms with Crippen LogP contribution in [0.5, 0.6) is 0 Å². The predicted molar refractivity (Wildman–Crippen MR) is 234 cm³/mol. The summed E-state index contributed by atoms with van der Waals surface area (Å²) in [4.78, 5) is 25.4. The molecule has 0 aromatic carbocycles. The van der Waals surface area contributed by atoms with Crippen LogP contribution in [0.25, 0.3) is 0 Å². The number of allylic oxidation sites excluding steroid dienone is 2. The molecule has 0 aromatic rings. The van der Waals surface area contributed by atoms with Crippen LogP contribution in [0.4, 0.5) is 0 Å². The molecule has 0 spiro atoms.